The van der Waals surface area contributed by atoms with Gasteiger partial charge in [0.25, 0.3) is 0 Å². The smallest absolute Gasteiger partial charge is 0.150 e. The van der Waals surface area contributed by atoms with Crippen molar-refractivity contribution in [2.75, 3.05) is 6.26 Å². The van der Waals surface area contributed by atoms with E-state index in [1.54, 1.807) is 0 Å². The molecule has 0 heterocycles. The van der Waals surface area contributed by atoms with Crippen LogP contribution in [0.25, 0.3) is 0 Å². The van der Waals surface area contributed by atoms with Crippen molar-refractivity contribution in [1.82, 2.24) is 5.32 Å². The third-order valence-corrected chi connectivity index (χ3v) is 5.87. The summed E-state index contributed by atoms with van der Waals surface area (Å²) in [6.45, 7) is 6.65. The number of sulfone groups is 1. The quantitative estimate of drug-likeness (QED) is 0.826. The van der Waals surface area contributed by atoms with Gasteiger partial charge >= 0.3 is 0 Å². The van der Waals surface area contributed by atoms with E-state index in [9.17, 15) is 8.42 Å². The molecule has 4 heteroatoms. The van der Waals surface area contributed by atoms with E-state index < -0.39 is 9.84 Å². The van der Waals surface area contributed by atoms with Crippen molar-refractivity contribution < 1.29 is 8.42 Å². The SMILES string of the molecule is CCC(C)C(C)NC1CCCC(S(C)(=O)=O)C1. The lowest BCUT2D eigenvalue weighted by Gasteiger charge is -2.32. The average molecular weight is 261 g/mol. The Morgan fingerprint density at radius 1 is 1.29 bits per heavy atom. The summed E-state index contributed by atoms with van der Waals surface area (Å²) in [4.78, 5) is 0. The van der Waals surface area contributed by atoms with Crippen molar-refractivity contribution in [3.63, 3.8) is 0 Å². The minimum Gasteiger partial charge on any atom is -0.311 e. The zero-order valence-electron chi connectivity index (χ0n) is 11.6. The predicted octanol–water partition coefficient (Wildman–Crippen LogP) is 2.37. The van der Waals surface area contributed by atoms with Gasteiger partial charge in [-0.25, -0.2) is 8.42 Å². The molecule has 0 aliphatic heterocycles. The summed E-state index contributed by atoms with van der Waals surface area (Å²) in [5.74, 6) is 0.647. The molecule has 0 amide bonds. The Morgan fingerprint density at radius 2 is 1.94 bits per heavy atom. The largest absolute Gasteiger partial charge is 0.311 e. The van der Waals surface area contributed by atoms with E-state index in [-0.39, 0.29) is 5.25 Å². The molecule has 1 rings (SSSR count). The molecule has 0 bridgehead atoms. The third kappa shape index (κ3) is 4.59. The van der Waals surface area contributed by atoms with Crippen molar-refractivity contribution in [3.05, 3.63) is 0 Å². The molecule has 0 aromatic carbocycles. The number of rotatable bonds is 5. The van der Waals surface area contributed by atoms with E-state index in [0.29, 0.717) is 18.0 Å². The van der Waals surface area contributed by atoms with Gasteiger partial charge in [-0.2, -0.15) is 0 Å². The summed E-state index contributed by atoms with van der Waals surface area (Å²) in [6, 6.07) is 0.857. The van der Waals surface area contributed by atoms with Crippen LogP contribution in [0.15, 0.2) is 0 Å². The van der Waals surface area contributed by atoms with E-state index in [1.165, 1.54) is 6.26 Å². The molecule has 1 saturated carbocycles. The van der Waals surface area contributed by atoms with Gasteiger partial charge in [0.2, 0.25) is 0 Å². The van der Waals surface area contributed by atoms with Gasteiger partial charge in [-0.1, -0.05) is 26.7 Å². The maximum atomic E-state index is 11.6. The highest BCUT2D eigenvalue weighted by atomic mass is 32.2. The Hall–Kier alpha value is -0.0900. The summed E-state index contributed by atoms with van der Waals surface area (Å²) in [7, 11) is -2.86. The molecule has 1 N–H and O–H groups in total. The molecule has 4 atom stereocenters. The fourth-order valence-corrected chi connectivity index (χ4v) is 3.75. The van der Waals surface area contributed by atoms with Gasteiger partial charge in [-0.3, -0.25) is 0 Å². The Bertz CT molecular complexity index is 326. The highest BCUT2D eigenvalue weighted by Crippen LogP contribution is 2.24. The van der Waals surface area contributed by atoms with Crippen LogP contribution < -0.4 is 5.32 Å². The zero-order chi connectivity index (χ0) is 13.1. The van der Waals surface area contributed by atoms with Crippen molar-refractivity contribution in [3.8, 4) is 0 Å². The maximum Gasteiger partial charge on any atom is 0.150 e. The Labute approximate surface area is 106 Å². The first-order valence-corrected chi connectivity index (χ1v) is 8.75. The summed E-state index contributed by atoms with van der Waals surface area (Å²) in [6.07, 6.45) is 6.32. The van der Waals surface area contributed by atoms with Crippen molar-refractivity contribution in [2.45, 2.75) is 70.2 Å². The second-order valence-corrected chi connectivity index (χ2v) is 7.98. The second-order valence-electron chi connectivity index (χ2n) is 5.66. The Morgan fingerprint density at radius 3 is 2.47 bits per heavy atom. The molecule has 1 aliphatic carbocycles. The van der Waals surface area contributed by atoms with Crippen LogP contribution in [-0.2, 0) is 9.84 Å². The molecule has 0 saturated heterocycles. The summed E-state index contributed by atoms with van der Waals surface area (Å²) in [5.41, 5.74) is 0. The lowest BCUT2D eigenvalue weighted by Crippen LogP contribution is -2.44. The second kappa shape index (κ2) is 6.19. The van der Waals surface area contributed by atoms with Gasteiger partial charge in [-0.05, 0) is 32.1 Å². The summed E-state index contributed by atoms with van der Waals surface area (Å²) >= 11 is 0. The molecule has 0 radical (unpaired) electrons. The van der Waals surface area contributed by atoms with Crippen LogP contribution in [0.1, 0.15) is 52.9 Å². The zero-order valence-corrected chi connectivity index (χ0v) is 12.4. The lowest BCUT2D eigenvalue weighted by atomic mass is 9.92. The first kappa shape index (κ1) is 15.0. The normalized spacial score (nSPS) is 29.9. The van der Waals surface area contributed by atoms with Crippen LogP contribution in [0.3, 0.4) is 0 Å². The fourth-order valence-electron chi connectivity index (χ4n) is 2.57. The van der Waals surface area contributed by atoms with Gasteiger partial charge in [0.15, 0.2) is 0 Å². The highest BCUT2D eigenvalue weighted by molar-refractivity contribution is 7.91. The number of hydrogen-bond acceptors (Lipinski definition) is 3. The van der Waals surface area contributed by atoms with Crippen molar-refractivity contribution in [1.29, 1.82) is 0 Å². The molecule has 17 heavy (non-hydrogen) atoms. The predicted molar refractivity (Wildman–Crippen MR) is 72.9 cm³/mol. The first-order valence-electron chi connectivity index (χ1n) is 6.79. The molecular formula is C13H27NO2S. The first-order chi connectivity index (χ1) is 7.84. The third-order valence-electron chi connectivity index (χ3n) is 4.23. The van der Waals surface area contributed by atoms with Gasteiger partial charge in [0, 0.05) is 18.3 Å². The van der Waals surface area contributed by atoms with Crippen LogP contribution in [0, 0.1) is 5.92 Å². The molecule has 102 valence electrons. The molecule has 4 unspecified atom stereocenters. The van der Waals surface area contributed by atoms with Gasteiger partial charge in [-0.15, -0.1) is 0 Å². The molecule has 1 fully saturated rings. The molecular weight excluding hydrogens is 234 g/mol. The van der Waals surface area contributed by atoms with Crippen LogP contribution in [0.5, 0.6) is 0 Å². The average Bonchev–Trinajstić information content (AvgIpc) is 2.27. The van der Waals surface area contributed by atoms with Gasteiger partial charge in [0.1, 0.15) is 9.84 Å². The minimum absolute atomic E-state index is 0.127. The monoisotopic (exact) mass is 261 g/mol. The molecule has 3 nitrogen and oxygen atoms in total. The minimum atomic E-state index is -2.86. The maximum absolute atomic E-state index is 11.6. The van der Waals surface area contributed by atoms with Crippen LogP contribution >= 0.6 is 0 Å². The highest BCUT2D eigenvalue weighted by Gasteiger charge is 2.29. The van der Waals surface area contributed by atoms with E-state index in [2.05, 4.69) is 26.1 Å². The van der Waals surface area contributed by atoms with E-state index in [4.69, 9.17) is 0 Å². The topological polar surface area (TPSA) is 46.2 Å². The van der Waals surface area contributed by atoms with Crippen molar-refractivity contribution in [2.24, 2.45) is 5.92 Å². The molecule has 1 aliphatic rings. The Kier molecular flexibility index (Phi) is 5.45. The van der Waals surface area contributed by atoms with Gasteiger partial charge in [0.05, 0.1) is 5.25 Å². The van der Waals surface area contributed by atoms with Crippen LogP contribution in [0.4, 0.5) is 0 Å². The van der Waals surface area contributed by atoms with Crippen LogP contribution in [-0.4, -0.2) is 32.0 Å². The number of nitrogens with one attached hydrogen (secondary N) is 1. The fraction of sp³-hybridized carbons (Fsp3) is 1.00. The lowest BCUT2D eigenvalue weighted by molar-refractivity contribution is 0.297. The Balaban J connectivity index is 2.50. The van der Waals surface area contributed by atoms with E-state index >= 15 is 0 Å². The summed E-state index contributed by atoms with van der Waals surface area (Å²) in [5, 5.41) is 3.48. The van der Waals surface area contributed by atoms with E-state index in [0.717, 1.165) is 32.1 Å². The standard InChI is InChI=1S/C13H27NO2S/c1-5-10(2)11(3)14-12-7-6-8-13(9-12)17(4,15)16/h10-14H,5-9H2,1-4H3. The molecule has 0 aromatic rings. The molecule has 0 spiro atoms. The van der Waals surface area contributed by atoms with E-state index in [1.807, 2.05) is 0 Å². The van der Waals surface area contributed by atoms with Crippen molar-refractivity contribution >= 4 is 9.84 Å². The van der Waals surface area contributed by atoms with Gasteiger partial charge < -0.3 is 5.32 Å². The molecule has 0 aromatic heterocycles. The number of hydrogen-bond donors (Lipinski definition) is 1. The van der Waals surface area contributed by atoms with Crippen LogP contribution in [0.2, 0.25) is 0 Å². The summed E-state index contributed by atoms with van der Waals surface area (Å²) < 4.78 is 23.2.